The van der Waals surface area contributed by atoms with Gasteiger partial charge < -0.3 is 23.4 Å². The number of alkyl halides is 1. The van der Waals surface area contributed by atoms with Crippen molar-refractivity contribution in [2.75, 3.05) is 13.2 Å². The molecule has 0 saturated heterocycles. The van der Waals surface area contributed by atoms with Crippen molar-refractivity contribution in [3.05, 3.63) is 81.6 Å². The Morgan fingerprint density at radius 3 is 1.82 bits per heavy atom. The van der Waals surface area contributed by atoms with Gasteiger partial charge in [-0.15, -0.1) is 0 Å². The number of nitrogens with zero attached hydrogens (tertiary/aromatic N) is 2. The van der Waals surface area contributed by atoms with Crippen molar-refractivity contribution in [2.24, 2.45) is 11.8 Å². The van der Waals surface area contributed by atoms with E-state index in [0.29, 0.717) is 37.5 Å². The van der Waals surface area contributed by atoms with Crippen LogP contribution in [-0.4, -0.2) is 39.9 Å². The largest absolute Gasteiger partial charge is 0.479 e. The zero-order valence-corrected chi connectivity index (χ0v) is 32.6. The number of halogens is 1. The molecule has 0 unspecified atom stereocenters. The number of aromatic nitrogens is 2. The van der Waals surface area contributed by atoms with Gasteiger partial charge in [-0.2, -0.15) is 0 Å². The SMILES string of the molecule is CCc1oc(-c2ccc(C)c(C)c2)nc1CI.CCc1oc(-c2ccc(C)c(C)c2)nc1COC[C@@H]1CCC[C@H](COC(C)(C)C(=O)O)C1. The number of oxazole rings is 2. The monoisotopic (exact) mass is 784 g/mol. The third kappa shape index (κ3) is 10.5. The van der Waals surface area contributed by atoms with Crippen LogP contribution in [0.1, 0.15) is 98.5 Å². The summed E-state index contributed by atoms with van der Waals surface area (Å²) in [6.45, 7) is 17.4. The molecule has 4 aromatic rings. The lowest BCUT2D eigenvalue weighted by Crippen LogP contribution is -2.37. The molecule has 0 aliphatic heterocycles. The van der Waals surface area contributed by atoms with Crippen LogP contribution in [0.3, 0.4) is 0 Å². The Morgan fingerprint density at radius 2 is 1.35 bits per heavy atom. The van der Waals surface area contributed by atoms with Crippen molar-refractivity contribution in [3.63, 3.8) is 0 Å². The van der Waals surface area contributed by atoms with E-state index >= 15 is 0 Å². The van der Waals surface area contributed by atoms with Crippen molar-refractivity contribution in [1.29, 1.82) is 0 Å². The third-order valence-electron chi connectivity index (χ3n) is 9.51. The number of carboxylic acids is 1. The van der Waals surface area contributed by atoms with Crippen LogP contribution in [0.25, 0.3) is 22.9 Å². The lowest BCUT2D eigenvalue weighted by molar-refractivity contribution is -0.163. The maximum Gasteiger partial charge on any atom is 0.335 e. The molecule has 1 fully saturated rings. The van der Waals surface area contributed by atoms with Gasteiger partial charge in [0.2, 0.25) is 11.8 Å². The minimum atomic E-state index is -1.14. The highest BCUT2D eigenvalue weighted by Gasteiger charge is 2.31. The summed E-state index contributed by atoms with van der Waals surface area (Å²) < 4.78 is 24.5. The zero-order valence-electron chi connectivity index (χ0n) is 30.5. The third-order valence-corrected chi connectivity index (χ3v) is 10.2. The van der Waals surface area contributed by atoms with Crippen molar-refractivity contribution in [1.82, 2.24) is 9.97 Å². The van der Waals surface area contributed by atoms with Gasteiger partial charge in [-0.3, -0.25) is 0 Å². The fourth-order valence-electron chi connectivity index (χ4n) is 5.95. The molecule has 2 atom stereocenters. The van der Waals surface area contributed by atoms with Crippen molar-refractivity contribution < 1.29 is 28.2 Å². The molecule has 1 N–H and O–H groups in total. The molecule has 0 amide bonds. The number of hydrogen-bond donors (Lipinski definition) is 1. The van der Waals surface area contributed by atoms with Gasteiger partial charge in [0.25, 0.3) is 0 Å². The number of rotatable bonds is 13. The first-order valence-corrected chi connectivity index (χ1v) is 19.0. The van der Waals surface area contributed by atoms with E-state index in [1.54, 1.807) is 13.8 Å². The number of benzene rings is 2. The van der Waals surface area contributed by atoms with Crippen LogP contribution in [0, 0.1) is 39.5 Å². The molecule has 0 radical (unpaired) electrons. The summed E-state index contributed by atoms with van der Waals surface area (Å²) in [4.78, 5) is 20.5. The molecule has 2 aromatic heterocycles. The second-order valence-electron chi connectivity index (χ2n) is 13.8. The molecule has 0 spiro atoms. The smallest absolute Gasteiger partial charge is 0.335 e. The number of carboxylic acid groups (broad SMARTS) is 1. The minimum absolute atomic E-state index is 0.380. The normalized spacial score (nSPS) is 16.3. The molecule has 49 heavy (non-hydrogen) atoms. The number of aliphatic carboxylic acids is 1. The molecule has 1 aliphatic rings. The molecule has 8 nitrogen and oxygen atoms in total. The summed E-state index contributed by atoms with van der Waals surface area (Å²) in [5.41, 5.74) is 7.91. The first-order valence-electron chi connectivity index (χ1n) is 17.5. The van der Waals surface area contributed by atoms with E-state index in [1.807, 2.05) is 6.07 Å². The molecular weight excluding hydrogens is 731 g/mol. The van der Waals surface area contributed by atoms with Gasteiger partial charge in [-0.05, 0) is 119 Å². The summed E-state index contributed by atoms with van der Waals surface area (Å²) in [7, 11) is 0. The van der Waals surface area contributed by atoms with Crippen LogP contribution < -0.4 is 0 Å². The number of aryl methyl sites for hydroxylation is 6. The molecule has 1 aliphatic carbocycles. The van der Waals surface area contributed by atoms with Gasteiger partial charge in [0.1, 0.15) is 17.2 Å². The molecule has 2 heterocycles. The molecule has 0 bridgehead atoms. The van der Waals surface area contributed by atoms with Gasteiger partial charge in [0.05, 0.1) is 18.9 Å². The van der Waals surface area contributed by atoms with Gasteiger partial charge in [0.15, 0.2) is 5.60 Å². The maximum atomic E-state index is 11.3. The Labute approximate surface area is 305 Å². The van der Waals surface area contributed by atoms with Crippen molar-refractivity contribution >= 4 is 28.6 Å². The molecule has 9 heteroatoms. The standard InChI is InChI=1S/C26H37NO5.C14H16INO/c1-6-23-22(27-24(32-23)21-11-10-17(2)18(3)12-21)16-30-14-19-8-7-9-20(13-19)15-31-26(4,5)25(28)29;1-4-13-12(8-15)16-14(17-13)11-6-5-9(2)10(3)7-11/h10-12,19-20H,6-9,13-16H2,1-5H3,(H,28,29);5-7H,4,8H2,1-3H3/t19-,20+;/m1./s1. The Kier molecular flexibility index (Phi) is 14.1. The van der Waals surface area contributed by atoms with Crippen LogP contribution in [0.2, 0.25) is 0 Å². The van der Waals surface area contributed by atoms with Gasteiger partial charge in [-0.25, -0.2) is 14.8 Å². The van der Waals surface area contributed by atoms with Gasteiger partial charge >= 0.3 is 5.97 Å². The first-order chi connectivity index (χ1) is 23.3. The number of carbonyl (C=O) groups is 1. The molecule has 5 rings (SSSR count). The first kappa shape index (κ1) is 38.8. The Balaban J connectivity index is 0.000000266. The predicted octanol–water partition coefficient (Wildman–Crippen LogP) is 10.2. The van der Waals surface area contributed by atoms with E-state index in [2.05, 4.69) is 99.4 Å². The van der Waals surface area contributed by atoms with E-state index in [-0.39, 0.29) is 0 Å². The highest BCUT2D eigenvalue weighted by atomic mass is 127. The van der Waals surface area contributed by atoms with Crippen LogP contribution in [-0.2, 0) is 38.1 Å². The fourth-order valence-corrected chi connectivity index (χ4v) is 6.54. The summed E-state index contributed by atoms with van der Waals surface area (Å²) in [5.74, 6) is 3.20. The number of hydrogen-bond acceptors (Lipinski definition) is 7. The van der Waals surface area contributed by atoms with E-state index in [0.717, 1.165) is 82.9 Å². The second kappa shape index (κ2) is 17.8. The lowest BCUT2D eigenvalue weighted by atomic mass is 9.82. The maximum absolute atomic E-state index is 11.3. The molecule has 2 aromatic carbocycles. The van der Waals surface area contributed by atoms with E-state index in [9.17, 15) is 9.90 Å². The summed E-state index contributed by atoms with van der Waals surface area (Å²) >= 11 is 2.32. The van der Waals surface area contributed by atoms with Crippen LogP contribution in [0.4, 0.5) is 0 Å². The Morgan fingerprint density at radius 1 is 0.837 bits per heavy atom. The predicted molar refractivity (Wildman–Crippen MR) is 202 cm³/mol. The highest BCUT2D eigenvalue weighted by Crippen LogP contribution is 2.31. The Hall–Kier alpha value is -3.02. The van der Waals surface area contributed by atoms with Gasteiger partial charge in [-0.1, -0.05) is 55.0 Å². The average Bonchev–Trinajstić information content (AvgIpc) is 3.71. The minimum Gasteiger partial charge on any atom is -0.479 e. The Bertz CT molecular complexity index is 1670. The number of ether oxygens (including phenoxy) is 2. The lowest BCUT2D eigenvalue weighted by Gasteiger charge is -2.31. The van der Waals surface area contributed by atoms with E-state index < -0.39 is 11.6 Å². The summed E-state index contributed by atoms with van der Waals surface area (Å²) in [5, 5.41) is 9.23. The topological polar surface area (TPSA) is 108 Å². The molecular formula is C40H53IN2O6. The quantitative estimate of drug-likeness (QED) is 0.105. The fraction of sp³-hybridized carbons (Fsp3) is 0.525. The van der Waals surface area contributed by atoms with Crippen LogP contribution in [0.5, 0.6) is 0 Å². The van der Waals surface area contributed by atoms with Crippen LogP contribution >= 0.6 is 22.6 Å². The molecule has 1 saturated carbocycles. The van der Waals surface area contributed by atoms with Gasteiger partial charge in [0, 0.05) is 35.0 Å². The van der Waals surface area contributed by atoms with E-state index in [1.165, 1.54) is 22.3 Å². The van der Waals surface area contributed by atoms with Crippen molar-refractivity contribution in [3.8, 4) is 22.9 Å². The summed E-state index contributed by atoms with van der Waals surface area (Å²) in [6.07, 6.45) is 6.01. The van der Waals surface area contributed by atoms with Crippen molar-refractivity contribution in [2.45, 2.75) is 111 Å². The average molecular weight is 785 g/mol. The second-order valence-corrected chi connectivity index (χ2v) is 14.5. The van der Waals surface area contributed by atoms with E-state index in [4.69, 9.17) is 23.3 Å². The summed E-state index contributed by atoms with van der Waals surface area (Å²) in [6, 6.07) is 12.6. The molecule has 266 valence electrons. The zero-order chi connectivity index (χ0) is 35.7. The van der Waals surface area contributed by atoms with Crippen LogP contribution in [0.15, 0.2) is 45.2 Å². The highest BCUT2D eigenvalue weighted by molar-refractivity contribution is 14.1.